The fourth-order valence-corrected chi connectivity index (χ4v) is 3.25. The monoisotopic (exact) mass is 486 g/mol. The third-order valence-corrected chi connectivity index (χ3v) is 5.12. The van der Waals surface area contributed by atoms with Gasteiger partial charge in [0.25, 0.3) is 0 Å². The maximum absolute atomic E-state index is 13.1. The molecule has 188 valence electrons. The van der Waals surface area contributed by atoms with Crippen LogP contribution in [0.3, 0.4) is 0 Å². The lowest BCUT2D eigenvalue weighted by Gasteiger charge is -2.25. The minimum Gasteiger partial charge on any atom is -0.508 e. The SMILES string of the molecule is CC(O)C(NC(=O)C(Cc1ccccc1)NC(=O)C(N)Cc1ccc(O)cc1)C(=O)NCC(=O)O. The van der Waals surface area contributed by atoms with Crippen LogP contribution in [0.4, 0.5) is 0 Å². The normalized spacial score (nSPS) is 14.1. The Morgan fingerprint density at radius 3 is 2.03 bits per heavy atom. The summed E-state index contributed by atoms with van der Waals surface area (Å²) in [7, 11) is 0. The molecule has 11 heteroatoms. The number of aliphatic hydroxyl groups is 1. The predicted octanol–water partition coefficient (Wildman–Crippen LogP) is -0.944. The highest BCUT2D eigenvalue weighted by Gasteiger charge is 2.31. The fourth-order valence-electron chi connectivity index (χ4n) is 3.25. The van der Waals surface area contributed by atoms with Crippen LogP contribution in [0.1, 0.15) is 18.1 Å². The molecule has 2 rings (SSSR count). The van der Waals surface area contributed by atoms with E-state index in [1.807, 2.05) is 0 Å². The van der Waals surface area contributed by atoms with Crippen LogP contribution in [-0.4, -0.2) is 69.8 Å². The molecule has 3 amide bonds. The van der Waals surface area contributed by atoms with E-state index in [1.165, 1.54) is 19.1 Å². The minimum atomic E-state index is -1.44. The molecule has 4 unspecified atom stereocenters. The molecule has 11 nitrogen and oxygen atoms in total. The number of aliphatic carboxylic acids is 1. The van der Waals surface area contributed by atoms with Gasteiger partial charge in [-0.2, -0.15) is 0 Å². The second-order valence-corrected chi connectivity index (χ2v) is 8.07. The first kappa shape index (κ1) is 27.3. The summed E-state index contributed by atoms with van der Waals surface area (Å²) in [6.07, 6.45) is -1.11. The molecule has 0 aliphatic carbocycles. The van der Waals surface area contributed by atoms with Crippen molar-refractivity contribution in [2.75, 3.05) is 6.54 Å². The Bertz CT molecular complexity index is 1010. The summed E-state index contributed by atoms with van der Waals surface area (Å²) in [6.45, 7) is 0.581. The number of aromatic hydroxyl groups is 1. The molecule has 0 aliphatic rings. The van der Waals surface area contributed by atoms with Crippen molar-refractivity contribution in [3.63, 3.8) is 0 Å². The number of carboxylic acids is 1. The van der Waals surface area contributed by atoms with Gasteiger partial charge in [0, 0.05) is 6.42 Å². The number of aliphatic hydroxyl groups excluding tert-OH is 1. The molecule has 0 aliphatic heterocycles. The zero-order chi connectivity index (χ0) is 26.0. The van der Waals surface area contributed by atoms with Gasteiger partial charge in [-0.05, 0) is 36.6 Å². The van der Waals surface area contributed by atoms with Crippen LogP contribution < -0.4 is 21.7 Å². The summed E-state index contributed by atoms with van der Waals surface area (Å²) in [4.78, 5) is 48.9. The van der Waals surface area contributed by atoms with Gasteiger partial charge in [-0.25, -0.2) is 0 Å². The number of nitrogens with two attached hydrogens (primary N) is 1. The van der Waals surface area contributed by atoms with Gasteiger partial charge in [-0.15, -0.1) is 0 Å². The number of phenolic OH excluding ortho intramolecular Hbond substituents is 1. The van der Waals surface area contributed by atoms with Gasteiger partial charge in [0.1, 0.15) is 24.4 Å². The smallest absolute Gasteiger partial charge is 0.322 e. The third-order valence-electron chi connectivity index (χ3n) is 5.12. The molecule has 0 saturated heterocycles. The van der Waals surface area contributed by atoms with Crippen molar-refractivity contribution >= 4 is 23.7 Å². The molecule has 4 atom stereocenters. The highest BCUT2D eigenvalue weighted by molar-refractivity contribution is 5.94. The van der Waals surface area contributed by atoms with E-state index >= 15 is 0 Å². The Morgan fingerprint density at radius 2 is 1.46 bits per heavy atom. The van der Waals surface area contributed by atoms with E-state index in [1.54, 1.807) is 42.5 Å². The topological polar surface area (TPSA) is 191 Å². The Morgan fingerprint density at radius 1 is 0.857 bits per heavy atom. The van der Waals surface area contributed by atoms with Gasteiger partial charge < -0.3 is 37.0 Å². The summed E-state index contributed by atoms with van der Waals surface area (Å²) < 4.78 is 0. The average Bonchev–Trinajstić information content (AvgIpc) is 2.82. The molecule has 2 aromatic rings. The molecule has 0 bridgehead atoms. The molecule has 8 N–H and O–H groups in total. The number of rotatable bonds is 12. The second-order valence-electron chi connectivity index (χ2n) is 8.07. The molecular formula is C24H30N4O7. The molecule has 0 aromatic heterocycles. The Labute approximate surface area is 202 Å². The van der Waals surface area contributed by atoms with Crippen molar-refractivity contribution < 1.29 is 34.5 Å². The van der Waals surface area contributed by atoms with Gasteiger partial charge in [0.15, 0.2) is 0 Å². The number of hydrogen-bond acceptors (Lipinski definition) is 7. The number of hydrogen-bond donors (Lipinski definition) is 7. The number of carboxylic acid groups (broad SMARTS) is 1. The quantitative estimate of drug-likeness (QED) is 0.200. The first-order valence-electron chi connectivity index (χ1n) is 10.9. The number of carbonyl (C=O) groups is 4. The van der Waals surface area contributed by atoms with E-state index in [0.29, 0.717) is 5.56 Å². The average molecular weight is 487 g/mol. The molecule has 0 fully saturated rings. The molecular weight excluding hydrogens is 456 g/mol. The Balaban J connectivity index is 2.14. The van der Waals surface area contributed by atoms with Crippen molar-refractivity contribution in [2.45, 2.75) is 44.0 Å². The fraction of sp³-hybridized carbons (Fsp3) is 0.333. The van der Waals surface area contributed by atoms with Crippen LogP contribution in [0, 0.1) is 0 Å². The lowest BCUT2D eigenvalue weighted by Crippen LogP contribution is -2.59. The highest BCUT2D eigenvalue weighted by Crippen LogP contribution is 2.11. The first-order chi connectivity index (χ1) is 16.6. The molecule has 0 spiro atoms. The summed E-state index contributed by atoms with van der Waals surface area (Å²) >= 11 is 0. The first-order valence-corrected chi connectivity index (χ1v) is 10.9. The van der Waals surface area contributed by atoms with E-state index in [0.717, 1.165) is 5.56 Å². The van der Waals surface area contributed by atoms with E-state index in [-0.39, 0.29) is 18.6 Å². The van der Waals surface area contributed by atoms with Crippen LogP contribution in [0.5, 0.6) is 5.75 Å². The Hall–Kier alpha value is -3.96. The van der Waals surface area contributed by atoms with Gasteiger partial charge in [-0.1, -0.05) is 42.5 Å². The molecule has 35 heavy (non-hydrogen) atoms. The van der Waals surface area contributed by atoms with E-state index in [9.17, 15) is 29.4 Å². The Kier molecular flexibility index (Phi) is 10.2. The van der Waals surface area contributed by atoms with Gasteiger partial charge in [0.2, 0.25) is 17.7 Å². The van der Waals surface area contributed by atoms with Gasteiger partial charge in [0.05, 0.1) is 12.1 Å². The van der Waals surface area contributed by atoms with E-state index in [4.69, 9.17) is 10.8 Å². The van der Waals surface area contributed by atoms with Crippen LogP contribution in [-0.2, 0) is 32.0 Å². The predicted molar refractivity (Wildman–Crippen MR) is 126 cm³/mol. The third kappa shape index (κ3) is 9.07. The largest absolute Gasteiger partial charge is 0.508 e. The van der Waals surface area contributed by atoms with Gasteiger partial charge >= 0.3 is 5.97 Å². The second kappa shape index (κ2) is 13.1. The number of phenols is 1. The van der Waals surface area contributed by atoms with Gasteiger partial charge in [-0.3, -0.25) is 19.2 Å². The highest BCUT2D eigenvalue weighted by atomic mass is 16.4. The molecule has 2 aromatic carbocycles. The van der Waals surface area contributed by atoms with Crippen LogP contribution in [0.15, 0.2) is 54.6 Å². The number of carbonyl (C=O) groups excluding carboxylic acids is 3. The van der Waals surface area contributed by atoms with Crippen molar-refractivity contribution in [2.24, 2.45) is 5.73 Å². The summed E-state index contributed by atoms with van der Waals surface area (Å²) in [5.41, 5.74) is 7.46. The van der Waals surface area contributed by atoms with E-state index in [2.05, 4.69) is 16.0 Å². The summed E-state index contributed by atoms with van der Waals surface area (Å²) in [6, 6.07) is 11.4. The molecule has 0 radical (unpaired) electrons. The van der Waals surface area contributed by atoms with Crippen LogP contribution >= 0.6 is 0 Å². The van der Waals surface area contributed by atoms with Crippen molar-refractivity contribution in [3.8, 4) is 5.75 Å². The van der Waals surface area contributed by atoms with Crippen LogP contribution in [0.25, 0.3) is 0 Å². The van der Waals surface area contributed by atoms with Crippen molar-refractivity contribution in [1.82, 2.24) is 16.0 Å². The molecule has 0 saturated carbocycles. The zero-order valence-electron chi connectivity index (χ0n) is 19.2. The number of amides is 3. The lowest BCUT2D eigenvalue weighted by molar-refractivity contribution is -0.139. The zero-order valence-corrected chi connectivity index (χ0v) is 19.2. The number of benzene rings is 2. The van der Waals surface area contributed by atoms with Crippen molar-refractivity contribution in [1.29, 1.82) is 0 Å². The molecule has 0 heterocycles. The summed E-state index contributed by atoms with van der Waals surface area (Å²) in [5, 5.41) is 35.2. The van der Waals surface area contributed by atoms with Crippen LogP contribution in [0.2, 0.25) is 0 Å². The standard InChI is InChI=1S/C24H30N4O7/c1-14(29)21(24(35)26-13-20(31)32)28-23(34)19(12-15-5-3-2-4-6-15)27-22(33)18(25)11-16-7-9-17(30)10-8-16/h2-10,14,18-19,21,29-30H,11-13,25H2,1H3,(H,26,35)(H,27,33)(H,28,34)(H,31,32). The van der Waals surface area contributed by atoms with E-state index < -0.39 is 54.5 Å². The summed E-state index contributed by atoms with van der Waals surface area (Å²) in [5.74, 6) is -3.46. The lowest BCUT2D eigenvalue weighted by atomic mass is 10.0. The van der Waals surface area contributed by atoms with Crippen molar-refractivity contribution in [3.05, 3.63) is 65.7 Å². The minimum absolute atomic E-state index is 0.0754. The maximum atomic E-state index is 13.1. The number of nitrogens with one attached hydrogen (secondary N) is 3. The maximum Gasteiger partial charge on any atom is 0.322 e.